The van der Waals surface area contributed by atoms with E-state index in [9.17, 15) is 0 Å². The van der Waals surface area contributed by atoms with Gasteiger partial charge in [-0.05, 0) is 25.5 Å². The van der Waals surface area contributed by atoms with Crippen molar-refractivity contribution < 1.29 is 9.47 Å². The molecular weight excluding hydrogens is 250 g/mol. The molecule has 3 nitrogen and oxygen atoms in total. The molecule has 1 rings (SSSR count). The van der Waals surface area contributed by atoms with Gasteiger partial charge in [0.15, 0.2) is 11.5 Å². The molecule has 3 heteroatoms. The number of methoxy groups -OCH3 is 1. The number of para-hydroxylation sites is 1. The first kappa shape index (κ1) is 16.8. The van der Waals surface area contributed by atoms with E-state index in [1.165, 1.54) is 31.2 Å². The Bertz CT molecular complexity index is 366. The highest BCUT2D eigenvalue weighted by atomic mass is 16.5. The summed E-state index contributed by atoms with van der Waals surface area (Å²) >= 11 is 0. The molecule has 0 heterocycles. The minimum absolute atomic E-state index is 0.726. The Morgan fingerprint density at radius 2 is 1.90 bits per heavy atom. The van der Waals surface area contributed by atoms with Crippen molar-refractivity contribution in [2.45, 2.75) is 52.5 Å². The van der Waals surface area contributed by atoms with Crippen LogP contribution in [0.15, 0.2) is 18.2 Å². The molecule has 1 aromatic rings. The van der Waals surface area contributed by atoms with Crippen LogP contribution in [0.3, 0.4) is 0 Å². The molecule has 114 valence electrons. The zero-order valence-corrected chi connectivity index (χ0v) is 13.2. The van der Waals surface area contributed by atoms with E-state index in [1.807, 2.05) is 12.1 Å². The molecule has 0 unspecified atom stereocenters. The molecule has 1 aromatic carbocycles. The zero-order chi connectivity index (χ0) is 14.6. The summed E-state index contributed by atoms with van der Waals surface area (Å²) in [4.78, 5) is 0. The molecule has 0 saturated heterocycles. The average molecular weight is 279 g/mol. The first-order valence-electron chi connectivity index (χ1n) is 7.82. The third kappa shape index (κ3) is 5.83. The highest BCUT2D eigenvalue weighted by molar-refractivity contribution is 5.46. The number of rotatable bonds is 11. The summed E-state index contributed by atoms with van der Waals surface area (Å²) in [7, 11) is 1.69. The van der Waals surface area contributed by atoms with Gasteiger partial charge in [0.1, 0.15) is 0 Å². The second-order valence-electron chi connectivity index (χ2n) is 5.03. The average Bonchev–Trinajstić information content (AvgIpc) is 2.49. The Morgan fingerprint density at radius 3 is 2.60 bits per heavy atom. The molecule has 20 heavy (non-hydrogen) atoms. The first-order valence-corrected chi connectivity index (χ1v) is 7.82. The lowest BCUT2D eigenvalue weighted by Gasteiger charge is -2.15. The zero-order valence-electron chi connectivity index (χ0n) is 13.2. The molecular formula is C17H29NO2. The standard InChI is InChI=1S/C17H29NO2/c1-4-6-7-8-12-18-14-15-10-9-11-16(19-3)17(15)20-13-5-2/h9-11,18H,4-8,12-14H2,1-3H3. The van der Waals surface area contributed by atoms with Crippen molar-refractivity contribution in [3.63, 3.8) is 0 Å². The molecule has 0 aliphatic rings. The summed E-state index contributed by atoms with van der Waals surface area (Å²) in [5, 5.41) is 3.49. The van der Waals surface area contributed by atoms with Crippen LogP contribution in [-0.2, 0) is 6.54 Å². The highest BCUT2D eigenvalue weighted by Gasteiger charge is 2.09. The highest BCUT2D eigenvalue weighted by Crippen LogP contribution is 2.31. The van der Waals surface area contributed by atoms with Gasteiger partial charge in [0.05, 0.1) is 13.7 Å². The fourth-order valence-corrected chi connectivity index (χ4v) is 2.13. The van der Waals surface area contributed by atoms with Crippen LogP contribution >= 0.6 is 0 Å². The molecule has 0 saturated carbocycles. The predicted molar refractivity (Wildman–Crippen MR) is 84.6 cm³/mol. The molecule has 0 spiro atoms. The van der Waals surface area contributed by atoms with Crippen molar-refractivity contribution in [3.8, 4) is 11.5 Å². The fourth-order valence-electron chi connectivity index (χ4n) is 2.13. The topological polar surface area (TPSA) is 30.5 Å². The van der Waals surface area contributed by atoms with E-state index in [-0.39, 0.29) is 0 Å². The van der Waals surface area contributed by atoms with Gasteiger partial charge in [-0.1, -0.05) is 45.2 Å². The van der Waals surface area contributed by atoms with E-state index >= 15 is 0 Å². The fraction of sp³-hybridized carbons (Fsp3) is 0.647. The van der Waals surface area contributed by atoms with Gasteiger partial charge in [0.25, 0.3) is 0 Å². The lowest BCUT2D eigenvalue weighted by molar-refractivity contribution is 0.290. The van der Waals surface area contributed by atoms with Crippen LogP contribution in [0.1, 0.15) is 51.5 Å². The maximum atomic E-state index is 5.84. The predicted octanol–water partition coefficient (Wildman–Crippen LogP) is 4.15. The third-order valence-corrected chi connectivity index (χ3v) is 3.25. The SMILES string of the molecule is CCCCCCNCc1cccc(OC)c1OCCC. The van der Waals surface area contributed by atoms with Gasteiger partial charge in [-0.3, -0.25) is 0 Å². The maximum absolute atomic E-state index is 5.84. The second-order valence-corrected chi connectivity index (χ2v) is 5.03. The molecule has 0 aliphatic heterocycles. The minimum atomic E-state index is 0.726. The Kier molecular flexibility index (Phi) is 8.88. The quantitative estimate of drug-likeness (QED) is 0.617. The summed E-state index contributed by atoms with van der Waals surface area (Å²) in [6.07, 6.45) is 6.16. The van der Waals surface area contributed by atoms with E-state index < -0.39 is 0 Å². The molecule has 0 aliphatic carbocycles. The molecule has 0 radical (unpaired) electrons. The Hall–Kier alpha value is -1.22. The molecule has 0 aromatic heterocycles. The summed E-state index contributed by atoms with van der Waals surface area (Å²) in [5.74, 6) is 1.71. The van der Waals surface area contributed by atoms with Crippen LogP contribution in [0, 0.1) is 0 Å². The van der Waals surface area contributed by atoms with Gasteiger partial charge >= 0.3 is 0 Å². The summed E-state index contributed by atoms with van der Waals surface area (Å²) in [6, 6.07) is 6.08. The van der Waals surface area contributed by atoms with Gasteiger partial charge in [-0.25, -0.2) is 0 Å². The third-order valence-electron chi connectivity index (χ3n) is 3.25. The molecule has 0 fully saturated rings. The molecule has 0 atom stereocenters. The van der Waals surface area contributed by atoms with Crippen LogP contribution in [0.5, 0.6) is 11.5 Å². The largest absolute Gasteiger partial charge is 0.493 e. The second kappa shape index (κ2) is 10.6. The van der Waals surface area contributed by atoms with E-state index in [0.717, 1.165) is 37.6 Å². The van der Waals surface area contributed by atoms with Crippen molar-refractivity contribution in [3.05, 3.63) is 23.8 Å². The summed E-state index contributed by atoms with van der Waals surface area (Å²) in [6.45, 7) is 6.97. The van der Waals surface area contributed by atoms with E-state index in [1.54, 1.807) is 7.11 Å². The Labute approximate surface area is 123 Å². The van der Waals surface area contributed by atoms with Gasteiger partial charge in [-0.2, -0.15) is 0 Å². The van der Waals surface area contributed by atoms with Crippen molar-refractivity contribution in [2.24, 2.45) is 0 Å². The lowest BCUT2D eigenvalue weighted by Crippen LogP contribution is -2.15. The monoisotopic (exact) mass is 279 g/mol. The number of hydrogen-bond donors (Lipinski definition) is 1. The van der Waals surface area contributed by atoms with Gasteiger partial charge in [0.2, 0.25) is 0 Å². The van der Waals surface area contributed by atoms with Crippen LogP contribution in [0.2, 0.25) is 0 Å². The Morgan fingerprint density at radius 1 is 1.05 bits per heavy atom. The van der Waals surface area contributed by atoms with E-state index in [2.05, 4.69) is 25.2 Å². The van der Waals surface area contributed by atoms with Crippen molar-refractivity contribution in [1.82, 2.24) is 5.32 Å². The van der Waals surface area contributed by atoms with Crippen LogP contribution in [0.25, 0.3) is 0 Å². The number of nitrogens with one attached hydrogen (secondary N) is 1. The van der Waals surface area contributed by atoms with Gasteiger partial charge in [0, 0.05) is 12.1 Å². The number of ether oxygens (including phenoxy) is 2. The lowest BCUT2D eigenvalue weighted by atomic mass is 10.1. The van der Waals surface area contributed by atoms with Crippen LogP contribution < -0.4 is 14.8 Å². The number of unbranched alkanes of at least 4 members (excludes halogenated alkanes) is 3. The van der Waals surface area contributed by atoms with Crippen molar-refractivity contribution in [1.29, 1.82) is 0 Å². The van der Waals surface area contributed by atoms with Gasteiger partial charge in [-0.15, -0.1) is 0 Å². The smallest absolute Gasteiger partial charge is 0.165 e. The van der Waals surface area contributed by atoms with E-state index in [4.69, 9.17) is 9.47 Å². The van der Waals surface area contributed by atoms with Crippen molar-refractivity contribution >= 4 is 0 Å². The summed E-state index contributed by atoms with van der Waals surface area (Å²) in [5.41, 5.74) is 1.17. The molecule has 1 N–H and O–H groups in total. The van der Waals surface area contributed by atoms with Crippen LogP contribution in [-0.4, -0.2) is 20.3 Å². The first-order chi connectivity index (χ1) is 9.83. The normalized spacial score (nSPS) is 10.6. The summed E-state index contributed by atoms with van der Waals surface area (Å²) < 4.78 is 11.2. The molecule has 0 amide bonds. The van der Waals surface area contributed by atoms with E-state index in [0.29, 0.717) is 0 Å². The van der Waals surface area contributed by atoms with Crippen molar-refractivity contribution in [2.75, 3.05) is 20.3 Å². The number of hydrogen-bond acceptors (Lipinski definition) is 3. The van der Waals surface area contributed by atoms with Crippen LogP contribution in [0.4, 0.5) is 0 Å². The van der Waals surface area contributed by atoms with Gasteiger partial charge < -0.3 is 14.8 Å². The maximum Gasteiger partial charge on any atom is 0.165 e. The molecule has 0 bridgehead atoms. The number of benzene rings is 1. The Balaban J connectivity index is 2.50. The minimum Gasteiger partial charge on any atom is -0.493 e.